The molecule has 0 saturated carbocycles. The monoisotopic (exact) mass is 490 g/mol. The number of carbonyl (C=O) groups excluding carboxylic acids is 2. The quantitative estimate of drug-likeness (QED) is 0.309. The second-order valence-electron chi connectivity index (χ2n) is 7.89. The van der Waals surface area contributed by atoms with Crippen LogP contribution in [0, 0.1) is 0 Å². The Morgan fingerprint density at radius 2 is 1.76 bits per heavy atom. The fraction of sp³-hybridized carbons (Fsp3) is 0.417. The molecule has 0 spiro atoms. The second-order valence-corrected chi connectivity index (χ2v) is 10.4. The van der Waals surface area contributed by atoms with E-state index in [1.807, 2.05) is 13.2 Å². The minimum Gasteiger partial charge on any atom is -0.462 e. The molecule has 0 aromatic heterocycles. The molecule has 1 amide bonds. The van der Waals surface area contributed by atoms with Gasteiger partial charge in [0.15, 0.2) is 0 Å². The van der Waals surface area contributed by atoms with Crippen molar-refractivity contribution in [2.75, 3.05) is 30.7 Å². The maximum atomic E-state index is 13.1. The number of carbonyl (C=O) groups is 2. The fourth-order valence-corrected chi connectivity index (χ4v) is 5.22. The lowest BCUT2D eigenvalue weighted by Gasteiger charge is -2.27. The molecular weight excluding hydrogens is 460 g/mol. The number of thioether (sulfide) groups is 1. The van der Waals surface area contributed by atoms with E-state index in [4.69, 9.17) is 4.74 Å². The molecule has 178 valence electrons. The van der Waals surface area contributed by atoms with Crippen molar-refractivity contribution in [1.29, 1.82) is 0 Å². The van der Waals surface area contributed by atoms with Crippen molar-refractivity contribution in [1.82, 2.24) is 4.90 Å². The highest BCUT2D eigenvalue weighted by Crippen LogP contribution is 2.27. The third-order valence-electron chi connectivity index (χ3n) is 5.46. The Balaban J connectivity index is 1.77. The minimum absolute atomic E-state index is 0.0173. The van der Waals surface area contributed by atoms with Crippen LogP contribution in [0.15, 0.2) is 52.3 Å². The molecule has 7 nitrogen and oxygen atoms in total. The van der Waals surface area contributed by atoms with Crippen molar-refractivity contribution >= 4 is 39.3 Å². The number of benzene rings is 2. The standard InChI is InChI=1S/C24H30N2O5S2/c1-3-4-16-31-24(28)18-8-10-19(11-9-18)25-33(29,30)20-12-13-22(32-2)21(17-20)23(27)26-14-6-5-7-15-26/h8-13,17,25H,3-7,14-16H2,1-2H3. The Morgan fingerprint density at radius 3 is 2.39 bits per heavy atom. The molecule has 2 aromatic rings. The van der Waals surface area contributed by atoms with Gasteiger partial charge in [-0.3, -0.25) is 9.52 Å². The van der Waals surface area contributed by atoms with E-state index in [1.54, 1.807) is 11.0 Å². The molecular formula is C24H30N2O5S2. The molecule has 0 aliphatic carbocycles. The van der Waals surface area contributed by atoms with Gasteiger partial charge in [0, 0.05) is 23.7 Å². The van der Waals surface area contributed by atoms with E-state index in [2.05, 4.69) is 4.72 Å². The molecule has 1 saturated heterocycles. The van der Waals surface area contributed by atoms with Gasteiger partial charge < -0.3 is 9.64 Å². The summed E-state index contributed by atoms with van der Waals surface area (Å²) in [6, 6.07) is 10.7. The third kappa shape index (κ3) is 6.51. The van der Waals surface area contributed by atoms with Crippen LogP contribution in [-0.4, -0.2) is 51.1 Å². The van der Waals surface area contributed by atoms with Crippen molar-refractivity contribution < 1.29 is 22.7 Å². The van der Waals surface area contributed by atoms with Gasteiger partial charge in [0.05, 0.1) is 22.6 Å². The van der Waals surface area contributed by atoms with E-state index in [9.17, 15) is 18.0 Å². The number of likely N-dealkylation sites (tertiary alicyclic amines) is 1. The Labute approximate surface area is 199 Å². The summed E-state index contributed by atoms with van der Waals surface area (Å²) in [5, 5.41) is 0. The highest BCUT2D eigenvalue weighted by atomic mass is 32.2. The molecule has 0 unspecified atom stereocenters. The Hall–Kier alpha value is -2.52. The Kier molecular flexibility index (Phi) is 8.80. The number of nitrogens with zero attached hydrogens (tertiary/aromatic N) is 1. The predicted octanol–water partition coefficient (Wildman–Crippen LogP) is 4.79. The summed E-state index contributed by atoms with van der Waals surface area (Å²) in [5.74, 6) is -0.576. The molecule has 1 fully saturated rings. The summed E-state index contributed by atoms with van der Waals surface area (Å²) in [6.07, 6.45) is 6.61. The number of ether oxygens (including phenoxy) is 1. The average Bonchev–Trinajstić information content (AvgIpc) is 2.84. The summed E-state index contributed by atoms with van der Waals surface area (Å²) in [7, 11) is -3.92. The topological polar surface area (TPSA) is 92.8 Å². The first-order valence-corrected chi connectivity index (χ1v) is 13.8. The first-order chi connectivity index (χ1) is 15.9. The number of anilines is 1. The number of sulfonamides is 1. The zero-order chi connectivity index (χ0) is 23.8. The molecule has 33 heavy (non-hydrogen) atoms. The van der Waals surface area contributed by atoms with E-state index < -0.39 is 16.0 Å². The van der Waals surface area contributed by atoms with Crippen molar-refractivity contribution in [3.05, 3.63) is 53.6 Å². The molecule has 1 aliphatic rings. The number of hydrogen-bond donors (Lipinski definition) is 1. The SMILES string of the molecule is CCCCOC(=O)c1ccc(NS(=O)(=O)c2ccc(SC)c(C(=O)N3CCCCC3)c2)cc1. The highest BCUT2D eigenvalue weighted by molar-refractivity contribution is 7.98. The lowest BCUT2D eigenvalue weighted by atomic mass is 10.1. The number of amides is 1. The van der Waals surface area contributed by atoms with Crippen LogP contribution < -0.4 is 4.72 Å². The normalized spacial score (nSPS) is 14.1. The van der Waals surface area contributed by atoms with Gasteiger partial charge in [-0.05, 0) is 74.4 Å². The van der Waals surface area contributed by atoms with Crippen LogP contribution >= 0.6 is 11.8 Å². The van der Waals surface area contributed by atoms with Crippen LogP contribution in [0.5, 0.6) is 0 Å². The highest BCUT2D eigenvalue weighted by Gasteiger charge is 2.24. The summed E-state index contributed by atoms with van der Waals surface area (Å²) in [5.41, 5.74) is 1.07. The maximum Gasteiger partial charge on any atom is 0.338 e. The number of hydrogen-bond acceptors (Lipinski definition) is 6. The van der Waals surface area contributed by atoms with Gasteiger partial charge in [-0.2, -0.15) is 0 Å². The van der Waals surface area contributed by atoms with E-state index in [1.165, 1.54) is 48.2 Å². The van der Waals surface area contributed by atoms with Gasteiger partial charge in [0.1, 0.15) is 0 Å². The molecule has 1 aliphatic heterocycles. The third-order valence-corrected chi connectivity index (χ3v) is 7.63. The van der Waals surface area contributed by atoms with Crippen LogP contribution in [0.2, 0.25) is 0 Å². The summed E-state index contributed by atoms with van der Waals surface area (Å²) in [6.45, 7) is 3.74. The number of unbranched alkanes of at least 4 members (excludes halogenated alkanes) is 1. The van der Waals surface area contributed by atoms with Gasteiger partial charge in [-0.1, -0.05) is 13.3 Å². The predicted molar refractivity (Wildman–Crippen MR) is 130 cm³/mol. The summed E-state index contributed by atoms with van der Waals surface area (Å²) >= 11 is 1.42. The molecule has 0 atom stereocenters. The van der Waals surface area contributed by atoms with Crippen LogP contribution in [0.1, 0.15) is 59.7 Å². The number of esters is 1. The molecule has 2 aromatic carbocycles. The first-order valence-electron chi connectivity index (χ1n) is 11.1. The molecule has 1 heterocycles. The van der Waals surface area contributed by atoms with Crippen LogP contribution in [-0.2, 0) is 14.8 Å². The van der Waals surface area contributed by atoms with Gasteiger partial charge in [0.2, 0.25) is 0 Å². The summed E-state index contributed by atoms with van der Waals surface area (Å²) < 4.78 is 33.7. The Bertz CT molecular complexity index is 1080. The number of nitrogens with one attached hydrogen (secondary N) is 1. The van der Waals surface area contributed by atoms with E-state index in [0.29, 0.717) is 36.5 Å². The molecule has 3 rings (SSSR count). The molecule has 1 N–H and O–H groups in total. The average molecular weight is 491 g/mol. The van der Waals surface area contributed by atoms with Gasteiger partial charge >= 0.3 is 5.97 Å². The summed E-state index contributed by atoms with van der Waals surface area (Å²) in [4.78, 5) is 27.7. The zero-order valence-corrected chi connectivity index (χ0v) is 20.6. The lowest BCUT2D eigenvalue weighted by Crippen LogP contribution is -2.36. The number of rotatable bonds is 9. The van der Waals surface area contributed by atoms with E-state index in [0.717, 1.165) is 37.0 Å². The molecule has 0 bridgehead atoms. The smallest absolute Gasteiger partial charge is 0.338 e. The lowest BCUT2D eigenvalue weighted by molar-refractivity contribution is 0.0499. The minimum atomic E-state index is -3.92. The zero-order valence-electron chi connectivity index (χ0n) is 19.0. The van der Waals surface area contributed by atoms with Gasteiger partial charge in [0.25, 0.3) is 15.9 Å². The Morgan fingerprint density at radius 1 is 1.06 bits per heavy atom. The van der Waals surface area contributed by atoms with Crippen molar-refractivity contribution in [2.45, 2.75) is 48.8 Å². The van der Waals surface area contributed by atoms with Crippen LogP contribution in [0.25, 0.3) is 0 Å². The maximum absolute atomic E-state index is 13.1. The number of piperidine rings is 1. The van der Waals surface area contributed by atoms with Crippen molar-refractivity contribution in [2.24, 2.45) is 0 Å². The van der Waals surface area contributed by atoms with E-state index >= 15 is 0 Å². The fourth-order valence-electron chi connectivity index (χ4n) is 3.57. The second kappa shape index (κ2) is 11.6. The van der Waals surface area contributed by atoms with Gasteiger partial charge in [-0.25, -0.2) is 13.2 Å². The van der Waals surface area contributed by atoms with Crippen molar-refractivity contribution in [3.63, 3.8) is 0 Å². The molecule has 9 heteroatoms. The molecule has 0 radical (unpaired) electrons. The first kappa shape index (κ1) is 25.1. The van der Waals surface area contributed by atoms with Crippen LogP contribution in [0.4, 0.5) is 5.69 Å². The van der Waals surface area contributed by atoms with Crippen LogP contribution in [0.3, 0.4) is 0 Å². The van der Waals surface area contributed by atoms with E-state index in [-0.39, 0.29) is 10.8 Å². The largest absolute Gasteiger partial charge is 0.462 e. The van der Waals surface area contributed by atoms with Crippen molar-refractivity contribution in [3.8, 4) is 0 Å². The van der Waals surface area contributed by atoms with Gasteiger partial charge in [-0.15, -0.1) is 11.8 Å².